The number of carbonyl (C=O) groups is 1. The zero-order valence-electron chi connectivity index (χ0n) is 15.2. The summed E-state index contributed by atoms with van der Waals surface area (Å²) in [6.45, 7) is 3.81. The molecule has 2 aromatic carbocycles. The fourth-order valence-corrected chi connectivity index (χ4v) is 2.77. The number of para-hydroxylation sites is 1. The molecule has 0 aliphatic rings. The van der Waals surface area contributed by atoms with E-state index >= 15 is 0 Å². The zero-order valence-corrected chi connectivity index (χ0v) is 15.2. The van der Waals surface area contributed by atoms with Crippen molar-refractivity contribution < 1.29 is 4.79 Å². The van der Waals surface area contributed by atoms with E-state index in [0.717, 1.165) is 24.2 Å². The van der Waals surface area contributed by atoms with Crippen LogP contribution in [0.1, 0.15) is 30.9 Å². The largest absolute Gasteiger partial charge is 0.399 e. The van der Waals surface area contributed by atoms with Gasteiger partial charge in [-0.05, 0) is 44.0 Å². The minimum atomic E-state index is 0.0844. The van der Waals surface area contributed by atoms with Crippen LogP contribution in [0.5, 0.6) is 0 Å². The van der Waals surface area contributed by atoms with Gasteiger partial charge in [0.1, 0.15) is 0 Å². The summed E-state index contributed by atoms with van der Waals surface area (Å²) in [6.07, 6.45) is 2.09. The van der Waals surface area contributed by atoms with Crippen molar-refractivity contribution in [2.24, 2.45) is 0 Å². The standard InChI is InChI=1S/C21H29N3O/c1-17(24(2)16-18-8-4-3-5-9-18)14-15-23-21(25)13-12-19-10-6-7-11-20(19)22/h3-11,17H,12-16,22H2,1-2H3,(H,23,25). The molecule has 0 aromatic heterocycles. The van der Waals surface area contributed by atoms with Gasteiger partial charge in [0.25, 0.3) is 0 Å². The molecule has 134 valence electrons. The molecule has 25 heavy (non-hydrogen) atoms. The summed E-state index contributed by atoms with van der Waals surface area (Å²) in [7, 11) is 2.12. The Labute approximate surface area is 151 Å². The van der Waals surface area contributed by atoms with E-state index < -0.39 is 0 Å². The Kier molecular flexibility index (Phi) is 7.48. The Bertz CT molecular complexity index is 657. The second kappa shape index (κ2) is 9.84. The molecule has 3 N–H and O–H groups in total. The highest BCUT2D eigenvalue weighted by molar-refractivity contribution is 5.76. The molecular weight excluding hydrogens is 310 g/mol. The quantitative estimate of drug-likeness (QED) is 0.690. The van der Waals surface area contributed by atoms with Crippen LogP contribution in [-0.4, -0.2) is 30.4 Å². The first-order valence-corrected chi connectivity index (χ1v) is 8.90. The van der Waals surface area contributed by atoms with Crippen LogP contribution < -0.4 is 11.1 Å². The zero-order chi connectivity index (χ0) is 18.1. The number of aryl methyl sites for hydroxylation is 1. The van der Waals surface area contributed by atoms with E-state index in [9.17, 15) is 4.79 Å². The van der Waals surface area contributed by atoms with Crippen LogP contribution in [0, 0.1) is 0 Å². The van der Waals surface area contributed by atoms with E-state index in [1.807, 2.05) is 30.3 Å². The van der Waals surface area contributed by atoms with Crippen LogP contribution in [0.4, 0.5) is 5.69 Å². The molecule has 0 bridgehead atoms. The molecule has 0 spiro atoms. The molecule has 0 saturated heterocycles. The van der Waals surface area contributed by atoms with Gasteiger partial charge < -0.3 is 11.1 Å². The molecule has 4 heteroatoms. The molecule has 0 aliphatic heterocycles. The Hall–Kier alpha value is -2.33. The Balaban J connectivity index is 1.65. The van der Waals surface area contributed by atoms with Crippen molar-refractivity contribution in [1.29, 1.82) is 0 Å². The number of amides is 1. The lowest BCUT2D eigenvalue weighted by molar-refractivity contribution is -0.121. The van der Waals surface area contributed by atoms with Gasteiger partial charge in [-0.25, -0.2) is 0 Å². The van der Waals surface area contributed by atoms with Crippen LogP contribution in [-0.2, 0) is 17.8 Å². The Morgan fingerprint density at radius 1 is 1.12 bits per heavy atom. The lowest BCUT2D eigenvalue weighted by Crippen LogP contribution is -2.33. The summed E-state index contributed by atoms with van der Waals surface area (Å²) < 4.78 is 0. The molecule has 0 radical (unpaired) electrons. The fourth-order valence-electron chi connectivity index (χ4n) is 2.77. The molecule has 1 unspecified atom stereocenters. The third-order valence-electron chi connectivity index (χ3n) is 4.59. The van der Waals surface area contributed by atoms with E-state index in [1.165, 1.54) is 5.56 Å². The first-order valence-electron chi connectivity index (χ1n) is 8.90. The number of nitrogens with two attached hydrogens (primary N) is 1. The van der Waals surface area contributed by atoms with E-state index in [4.69, 9.17) is 5.73 Å². The molecule has 2 aromatic rings. The predicted molar refractivity (Wildman–Crippen MR) is 104 cm³/mol. The molecule has 1 amide bonds. The van der Waals surface area contributed by atoms with Crippen LogP contribution in [0.3, 0.4) is 0 Å². The molecule has 0 heterocycles. The van der Waals surface area contributed by atoms with Gasteiger partial charge in [-0.15, -0.1) is 0 Å². The fraction of sp³-hybridized carbons (Fsp3) is 0.381. The minimum Gasteiger partial charge on any atom is -0.399 e. The average Bonchev–Trinajstić information content (AvgIpc) is 2.61. The number of benzene rings is 2. The van der Waals surface area contributed by atoms with E-state index in [-0.39, 0.29) is 5.91 Å². The highest BCUT2D eigenvalue weighted by atomic mass is 16.1. The first kappa shape index (κ1) is 19.0. The summed E-state index contributed by atoms with van der Waals surface area (Å²) in [4.78, 5) is 14.3. The number of rotatable bonds is 9. The third-order valence-corrected chi connectivity index (χ3v) is 4.59. The number of nitrogens with one attached hydrogen (secondary N) is 1. The summed E-state index contributed by atoms with van der Waals surface area (Å²) in [5.41, 5.74) is 9.00. The number of carbonyl (C=O) groups excluding carboxylic acids is 1. The van der Waals surface area contributed by atoms with Gasteiger partial charge in [0.2, 0.25) is 5.91 Å². The van der Waals surface area contributed by atoms with Crippen molar-refractivity contribution in [3.63, 3.8) is 0 Å². The van der Waals surface area contributed by atoms with Crippen molar-refractivity contribution in [3.05, 3.63) is 65.7 Å². The molecule has 1 atom stereocenters. The van der Waals surface area contributed by atoms with Crippen molar-refractivity contribution >= 4 is 11.6 Å². The smallest absolute Gasteiger partial charge is 0.220 e. The third kappa shape index (κ3) is 6.59. The molecule has 0 fully saturated rings. The van der Waals surface area contributed by atoms with Gasteiger partial charge >= 0.3 is 0 Å². The summed E-state index contributed by atoms with van der Waals surface area (Å²) in [5, 5.41) is 3.02. The SMILES string of the molecule is CC(CCNC(=O)CCc1ccccc1N)N(C)Cc1ccccc1. The van der Waals surface area contributed by atoms with Crippen molar-refractivity contribution in [1.82, 2.24) is 10.2 Å². The van der Waals surface area contributed by atoms with Gasteiger partial charge in [-0.1, -0.05) is 48.5 Å². The van der Waals surface area contributed by atoms with Gasteiger partial charge in [0.15, 0.2) is 0 Å². The normalized spacial score (nSPS) is 12.1. The number of hydrogen-bond acceptors (Lipinski definition) is 3. The molecular formula is C21H29N3O. The predicted octanol–water partition coefficient (Wildman–Crippen LogP) is 3.23. The minimum absolute atomic E-state index is 0.0844. The monoisotopic (exact) mass is 339 g/mol. The number of anilines is 1. The van der Waals surface area contributed by atoms with Gasteiger partial charge in [0.05, 0.1) is 0 Å². The topological polar surface area (TPSA) is 58.4 Å². The number of hydrogen-bond donors (Lipinski definition) is 2. The number of nitrogen functional groups attached to an aromatic ring is 1. The molecule has 0 saturated carbocycles. The summed E-state index contributed by atoms with van der Waals surface area (Å²) in [5.74, 6) is 0.0844. The lowest BCUT2D eigenvalue weighted by Gasteiger charge is -2.25. The maximum atomic E-state index is 12.0. The Morgan fingerprint density at radius 2 is 1.80 bits per heavy atom. The van der Waals surface area contributed by atoms with Crippen LogP contribution in [0.2, 0.25) is 0 Å². The molecule has 0 aliphatic carbocycles. The summed E-state index contributed by atoms with van der Waals surface area (Å²) >= 11 is 0. The van der Waals surface area contributed by atoms with Gasteiger partial charge in [-0.3, -0.25) is 9.69 Å². The van der Waals surface area contributed by atoms with Crippen LogP contribution >= 0.6 is 0 Å². The highest BCUT2D eigenvalue weighted by Crippen LogP contribution is 2.12. The Morgan fingerprint density at radius 3 is 2.52 bits per heavy atom. The summed E-state index contributed by atoms with van der Waals surface area (Å²) in [6, 6.07) is 18.6. The number of nitrogens with zero attached hydrogens (tertiary/aromatic N) is 1. The van der Waals surface area contributed by atoms with Crippen LogP contribution in [0.25, 0.3) is 0 Å². The maximum Gasteiger partial charge on any atom is 0.220 e. The maximum absolute atomic E-state index is 12.0. The first-order chi connectivity index (χ1) is 12.1. The van der Waals surface area contributed by atoms with Crippen molar-refractivity contribution in [2.75, 3.05) is 19.3 Å². The van der Waals surface area contributed by atoms with E-state index in [0.29, 0.717) is 25.4 Å². The van der Waals surface area contributed by atoms with Gasteiger partial charge in [-0.2, -0.15) is 0 Å². The second-order valence-corrected chi connectivity index (χ2v) is 6.59. The van der Waals surface area contributed by atoms with E-state index in [1.54, 1.807) is 0 Å². The molecule has 4 nitrogen and oxygen atoms in total. The van der Waals surface area contributed by atoms with Gasteiger partial charge in [0, 0.05) is 31.2 Å². The molecule has 2 rings (SSSR count). The second-order valence-electron chi connectivity index (χ2n) is 6.59. The van der Waals surface area contributed by atoms with Crippen molar-refractivity contribution in [3.8, 4) is 0 Å². The van der Waals surface area contributed by atoms with E-state index in [2.05, 4.69) is 48.5 Å². The van der Waals surface area contributed by atoms with Crippen LogP contribution in [0.15, 0.2) is 54.6 Å². The van der Waals surface area contributed by atoms with Crippen molar-refractivity contribution in [2.45, 2.75) is 38.8 Å². The highest BCUT2D eigenvalue weighted by Gasteiger charge is 2.10. The lowest BCUT2D eigenvalue weighted by atomic mass is 10.1. The average molecular weight is 339 g/mol.